The summed E-state index contributed by atoms with van der Waals surface area (Å²) >= 11 is 6.74. The number of carbonyl (C=O) groups is 1. The molecular formula is C29H36ClN3O5S. The van der Waals surface area contributed by atoms with Crippen LogP contribution in [0.1, 0.15) is 55.6 Å². The van der Waals surface area contributed by atoms with Crippen LogP contribution >= 0.6 is 11.6 Å². The monoisotopic (exact) mass is 573 g/mol. The highest BCUT2D eigenvalue weighted by Gasteiger charge is 2.53. The lowest BCUT2D eigenvalue weighted by molar-refractivity contribution is -0.149. The number of esters is 1. The molecule has 0 bridgehead atoms. The van der Waals surface area contributed by atoms with E-state index in [2.05, 4.69) is 9.62 Å². The van der Waals surface area contributed by atoms with Crippen LogP contribution in [0.5, 0.6) is 0 Å². The summed E-state index contributed by atoms with van der Waals surface area (Å²) in [5, 5.41) is 9.29. The number of anilines is 1. The summed E-state index contributed by atoms with van der Waals surface area (Å²) in [6.07, 6.45) is 4.95. The third kappa shape index (κ3) is 6.16. The van der Waals surface area contributed by atoms with Crippen LogP contribution in [-0.4, -0.2) is 69.2 Å². The fourth-order valence-electron chi connectivity index (χ4n) is 5.98. The Morgan fingerprint density at radius 3 is 2.62 bits per heavy atom. The number of sulfonamides is 1. The molecule has 10 heteroatoms. The van der Waals surface area contributed by atoms with Crippen LogP contribution in [0.3, 0.4) is 0 Å². The van der Waals surface area contributed by atoms with Gasteiger partial charge >= 0.3 is 5.97 Å². The number of nitrogens with one attached hydrogen (secondary N) is 2. The summed E-state index contributed by atoms with van der Waals surface area (Å²) < 4.78 is 39.4. The van der Waals surface area contributed by atoms with Gasteiger partial charge in [0.2, 0.25) is 10.0 Å². The highest BCUT2D eigenvalue weighted by molar-refractivity contribution is 7.92. The Kier molecular flexibility index (Phi) is 8.33. The van der Waals surface area contributed by atoms with Crippen LogP contribution in [0.2, 0.25) is 5.02 Å². The Labute approximate surface area is 235 Å². The third-order valence-electron chi connectivity index (χ3n) is 8.08. The molecule has 2 aliphatic heterocycles. The van der Waals surface area contributed by atoms with Crippen molar-refractivity contribution in [2.75, 3.05) is 43.3 Å². The second kappa shape index (κ2) is 11.6. The van der Waals surface area contributed by atoms with Gasteiger partial charge in [-0.3, -0.25) is 14.4 Å². The summed E-state index contributed by atoms with van der Waals surface area (Å²) in [5.74, 6) is -1.09. The van der Waals surface area contributed by atoms with Crippen molar-refractivity contribution in [1.82, 2.24) is 4.90 Å². The van der Waals surface area contributed by atoms with Gasteiger partial charge in [0.05, 0.1) is 24.7 Å². The van der Waals surface area contributed by atoms with E-state index < -0.39 is 21.5 Å². The van der Waals surface area contributed by atoms with Gasteiger partial charge in [-0.15, -0.1) is 0 Å². The highest BCUT2D eigenvalue weighted by Crippen LogP contribution is 2.45. The molecule has 39 heavy (non-hydrogen) atoms. The minimum Gasteiger partial charge on any atom is -0.452 e. The van der Waals surface area contributed by atoms with E-state index in [1.165, 1.54) is 0 Å². The first kappa shape index (κ1) is 28.1. The SMILES string of the molecule is Cc1cc(-c2cccc(NS(=O)(=O)CCCN3CCOCC3)c2)c(Cl)cc1C1C(=N)C2(CCCCC2)OC1=O. The number of rotatable bonds is 8. The van der Waals surface area contributed by atoms with Crippen molar-refractivity contribution in [2.45, 2.75) is 57.0 Å². The van der Waals surface area contributed by atoms with E-state index in [1.54, 1.807) is 24.3 Å². The molecule has 3 aliphatic rings. The molecule has 1 aliphatic carbocycles. The number of morpholine rings is 1. The quantitative estimate of drug-likeness (QED) is 0.423. The van der Waals surface area contributed by atoms with Gasteiger partial charge < -0.3 is 14.9 Å². The van der Waals surface area contributed by atoms with E-state index in [1.807, 2.05) is 19.1 Å². The summed E-state index contributed by atoms with van der Waals surface area (Å²) in [7, 11) is -3.51. The van der Waals surface area contributed by atoms with Crippen molar-refractivity contribution < 1.29 is 22.7 Å². The summed E-state index contributed by atoms with van der Waals surface area (Å²) in [5.41, 5.74) is 3.06. The topological polar surface area (TPSA) is 109 Å². The number of ether oxygens (including phenoxy) is 2. The number of hydrogen-bond acceptors (Lipinski definition) is 7. The van der Waals surface area contributed by atoms with Crippen molar-refractivity contribution in [2.24, 2.45) is 0 Å². The predicted molar refractivity (Wildman–Crippen MR) is 153 cm³/mol. The molecule has 0 radical (unpaired) electrons. The summed E-state index contributed by atoms with van der Waals surface area (Å²) in [6, 6.07) is 10.8. The zero-order valence-corrected chi connectivity index (χ0v) is 23.9. The normalized spacial score (nSPS) is 21.7. The molecule has 1 atom stereocenters. The zero-order chi connectivity index (χ0) is 27.6. The maximum atomic E-state index is 12.9. The Bertz CT molecular complexity index is 1350. The van der Waals surface area contributed by atoms with E-state index >= 15 is 0 Å². The average Bonchev–Trinajstić information content (AvgIpc) is 3.14. The van der Waals surface area contributed by atoms with Gasteiger partial charge in [-0.2, -0.15) is 0 Å². The van der Waals surface area contributed by atoms with E-state index in [0.717, 1.165) is 55.6 Å². The van der Waals surface area contributed by atoms with Crippen LogP contribution in [0.25, 0.3) is 11.1 Å². The van der Waals surface area contributed by atoms with Crippen molar-refractivity contribution in [3.8, 4) is 11.1 Å². The molecule has 2 aromatic rings. The predicted octanol–water partition coefficient (Wildman–Crippen LogP) is 5.14. The summed E-state index contributed by atoms with van der Waals surface area (Å²) in [6.45, 7) is 5.67. The van der Waals surface area contributed by atoms with Gasteiger partial charge in [0.15, 0.2) is 5.60 Å². The largest absolute Gasteiger partial charge is 0.452 e. The molecule has 2 aromatic carbocycles. The minimum absolute atomic E-state index is 0.0358. The number of carbonyl (C=O) groups excluding carboxylic acids is 1. The van der Waals surface area contributed by atoms with Crippen LogP contribution in [0.15, 0.2) is 36.4 Å². The smallest absolute Gasteiger partial charge is 0.320 e. The standard InChI is InChI=1S/C29H36ClN3O5S/c1-20-17-24(25(30)19-23(20)26-27(31)29(38-28(26)34)9-3-2-4-10-29)21-7-5-8-22(18-21)32-39(35,36)16-6-11-33-12-14-37-15-13-33/h5,7-8,17-19,26,31-32H,2-4,6,9-16H2,1H3. The van der Waals surface area contributed by atoms with E-state index in [0.29, 0.717) is 54.5 Å². The fourth-order valence-corrected chi connectivity index (χ4v) is 7.36. The van der Waals surface area contributed by atoms with Gasteiger partial charge in [-0.1, -0.05) is 30.2 Å². The molecule has 0 aromatic heterocycles. The molecular weight excluding hydrogens is 538 g/mol. The van der Waals surface area contributed by atoms with Gasteiger partial charge in [-0.25, -0.2) is 8.42 Å². The molecule has 3 fully saturated rings. The third-order valence-corrected chi connectivity index (χ3v) is 9.76. The lowest BCUT2D eigenvalue weighted by Gasteiger charge is -2.31. The van der Waals surface area contributed by atoms with Crippen molar-refractivity contribution in [1.29, 1.82) is 5.41 Å². The molecule has 210 valence electrons. The molecule has 2 heterocycles. The van der Waals surface area contributed by atoms with Crippen molar-refractivity contribution >= 4 is 39.0 Å². The van der Waals surface area contributed by atoms with Crippen LogP contribution in [0, 0.1) is 12.3 Å². The lowest BCUT2D eigenvalue weighted by Crippen LogP contribution is -2.38. The zero-order valence-electron chi connectivity index (χ0n) is 22.3. The van der Waals surface area contributed by atoms with Gasteiger partial charge in [0, 0.05) is 29.4 Å². The molecule has 2 N–H and O–H groups in total. The number of hydrogen-bond donors (Lipinski definition) is 2. The Balaban J connectivity index is 1.30. The number of benzene rings is 2. The maximum Gasteiger partial charge on any atom is 0.320 e. The van der Waals surface area contributed by atoms with Crippen molar-refractivity contribution in [3.63, 3.8) is 0 Å². The molecule has 1 spiro atoms. The average molecular weight is 574 g/mol. The first-order valence-corrected chi connectivity index (χ1v) is 15.7. The molecule has 5 rings (SSSR count). The molecule has 1 saturated carbocycles. The molecule has 2 saturated heterocycles. The van der Waals surface area contributed by atoms with Gasteiger partial charge in [0.25, 0.3) is 0 Å². The lowest BCUT2D eigenvalue weighted by atomic mass is 9.77. The first-order chi connectivity index (χ1) is 18.7. The van der Waals surface area contributed by atoms with Crippen molar-refractivity contribution in [3.05, 3.63) is 52.5 Å². The molecule has 0 amide bonds. The second-order valence-corrected chi connectivity index (χ2v) is 13.1. The maximum absolute atomic E-state index is 12.9. The fraction of sp³-hybridized carbons (Fsp3) is 0.517. The number of aryl methyl sites for hydroxylation is 1. The number of nitrogens with zero attached hydrogens (tertiary/aromatic N) is 1. The molecule has 8 nitrogen and oxygen atoms in total. The van der Waals surface area contributed by atoms with Gasteiger partial charge in [-0.05, 0) is 86.5 Å². The molecule has 1 unspecified atom stereocenters. The van der Waals surface area contributed by atoms with Crippen LogP contribution in [0.4, 0.5) is 5.69 Å². The highest BCUT2D eigenvalue weighted by atomic mass is 35.5. The minimum atomic E-state index is -3.51. The Morgan fingerprint density at radius 1 is 1.13 bits per heavy atom. The van der Waals surface area contributed by atoms with Crippen LogP contribution < -0.4 is 4.72 Å². The Hall–Kier alpha value is -2.46. The second-order valence-electron chi connectivity index (χ2n) is 10.8. The van der Waals surface area contributed by atoms with E-state index in [-0.39, 0.29) is 11.7 Å². The number of halogens is 1. The van der Waals surface area contributed by atoms with Crippen LogP contribution in [-0.2, 0) is 24.3 Å². The Morgan fingerprint density at radius 2 is 1.87 bits per heavy atom. The first-order valence-electron chi connectivity index (χ1n) is 13.7. The summed E-state index contributed by atoms with van der Waals surface area (Å²) in [4.78, 5) is 15.2. The van der Waals surface area contributed by atoms with E-state index in [4.69, 9.17) is 26.5 Å². The van der Waals surface area contributed by atoms with E-state index in [9.17, 15) is 13.2 Å². The van der Waals surface area contributed by atoms with Gasteiger partial charge in [0.1, 0.15) is 5.92 Å².